The third kappa shape index (κ3) is 4.52. The van der Waals surface area contributed by atoms with E-state index in [1.165, 1.54) is 24.4 Å². The first-order valence-electron chi connectivity index (χ1n) is 10.6. The average Bonchev–Trinajstić information content (AvgIpc) is 3.14. The molecule has 1 amide bonds. The molecular weight excluding hydrogens is 430 g/mol. The summed E-state index contributed by atoms with van der Waals surface area (Å²) in [6.45, 7) is 1.51. The number of aromatic nitrogens is 2. The lowest BCUT2D eigenvalue weighted by Crippen LogP contribution is -2.29. The number of thiophene rings is 1. The topological polar surface area (TPSA) is 99.5 Å². The summed E-state index contributed by atoms with van der Waals surface area (Å²) in [7, 11) is 1.53. The highest BCUT2D eigenvalue weighted by Crippen LogP contribution is 2.29. The van der Waals surface area contributed by atoms with Gasteiger partial charge in [-0.25, -0.2) is 4.98 Å². The maximum atomic E-state index is 13.0. The second-order valence-corrected chi connectivity index (χ2v) is 8.82. The van der Waals surface area contributed by atoms with Crippen LogP contribution < -0.4 is 15.6 Å². The van der Waals surface area contributed by atoms with E-state index in [-0.39, 0.29) is 24.1 Å². The van der Waals surface area contributed by atoms with Crippen LogP contribution in [0, 0.1) is 6.92 Å². The van der Waals surface area contributed by atoms with Crippen LogP contribution in [0.15, 0.2) is 35.4 Å². The van der Waals surface area contributed by atoms with Crippen molar-refractivity contribution >= 4 is 39.1 Å². The van der Waals surface area contributed by atoms with Gasteiger partial charge in [0.25, 0.3) is 11.5 Å². The Morgan fingerprint density at radius 3 is 2.72 bits per heavy atom. The van der Waals surface area contributed by atoms with Crippen molar-refractivity contribution in [2.24, 2.45) is 0 Å². The highest BCUT2D eigenvalue weighted by molar-refractivity contribution is 7.20. The van der Waals surface area contributed by atoms with E-state index in [2.05, 4.69) is 10.3 Å². The largest absolute Gasteiger partial charge is 0.495 e. The molecule has 3 aromatic rings. The van der Waals surface area contributed by atoms with Crippen molar-refractivity contribution in [3.63, 3.8) is 0 Å². The fraction of sp³-hybridized carbons (Fsp3) is 0.391. The number of aryl methyl sites for hydroxylation is 1. The van der Waals surface area contributed by atoms with E-state index in [0.717, 1.165) is 37.0 Å². The molecule has 1 aromatic carbocycles. The molecule has 0 bridgehead atoms. The summed E-state index contributed by atoms with van der Waals surface area (Å²) in [6, 6.07) is 7.09. The van der Waals surface area contributed by atoms with E-state index in [9.17, 15) is 14.4 Å². The molecule has 8 nitrogen and oxygen atoms in total. The number of benzene rings is 1. The number of nitrogens with zero attached hydrogens (tertiary/aromatic N) is 2. The molecule has 4 rings (SSSR count). The molecule has 32 heavy (non-hydrogen) atoms. The molecule has 2 aromatic heterocycles. The van der Waals surface area contributed by atoms with Gasteiger partial charge >= 0.3 is 5.97 Å². The Morgan fingerprint density at radius 2 is 1.97 bits per heavy atom. The van der Waals surface area contributed by atoms with E-state index in [1.54, 1.807) is 25.1 Å². The van der Waals surface area contributed by atoms with Crippen molar-refractivity contribution < 1.29 is 19.1 Å². The van der Waals surface area contributed by atoms with Crippen LogP contribution in [0.5, 0.6) is 5.75 Å². The molecule has 1 N–H and O–H groups in total. The number of carbonyl (C=O) groups is 2. The van der Waals surface area contributed by atoms with Gasteiger partial charge in [-0.3, -0.25) is 19.0 Å². The number of ether oxygens (including phenoxy) is 2. The number of methoxy groups -OCH3 is 1. The van der Waals surface area contributed by atoms with Gasteiger partial charge in [-0.1, -0.05) is 18.6 Å². The zero-order valence-corrected chi connectivity index (χ0v) is 18.9. The lowest BCUT2D eigenvalue weighted by molar-refractivity contribution is -0.151. The molecule has 1 aliphatic carbocycles. The number of nitrogens with one attached hydrogen (secondary N) is 1. The van der Waals surface area contributed by atoms with E-state index in [0.29, 0.717) is 32.1 Å². The number of amides is 1. The minimum Gasteiger partial charge on any atom is -0.495 e. The number of fused-ring (bicyclic) bond motifs is 1. The van der Waals surface area contributed by atoms with Gasteiger partial charge in [-0.05, 0) is 50.3 Å². The number of para-hydroxylation sites is 2. The van der Waals surface area contributed by atoms with Crippen molar-refractivity contribution in [1.82, 2.24) is 9.55 Å². The first kappa shape index (κ1) is 22.0. The van der Waals surface area contributed by atoms with Crippen molar-refractivity contribution in [3.05, 3.63) is 51.4 Å². The fourth-order valence-corrected chi connectivity index (χ4v) is 5.00. The van der Waals surface area contributed by atoms with Gasteiger partial charge in [0.15, 0.2) is 0 Å². The van der Waals surface area contributed by atoms with E-state index < -0.39 is 5.97 Å². The maximum absolute atomic E-state index is 13.0. The lowest BCUT2D eigenvalue weighted by atomic mass is 9.98. The normalized spacial score (nSPS) is 14.3. The van der Waals surface area contributed by atoms with Crippen LogP contribution in [0.3, 0.4) is 0 Å². The zero-order valence-electron chi connectivity index (χ0n) is 18.1. The molecule has 0 unspecified atom stereocenters. The van der Waals surface area contributed by atoms with Gasteiger partial charge in [0.05, 0.1) is 29.4 Å². The summed E-state index contributed by atoms with van der Waals surface area (Å²) in [6.07, 6.45) is 6.27. The highest BCUT2D eigenvalue weighted by Gasteiger charge is 2.22. The van der Waals surface area contributed by atoms with Crippen LogP contribution in [-0.2, 0) is 16.1 Å². The molecule has 9 heteroatoms. The van der Waals surface area contributed by atoms with Crippen LogP contribution in [-0.4, -0.2) is 34.6 Å². The predicted molar refractivity (Wildman–Crippen MR) is 123 cm³/mol. The molecule has 0 radical (unpaired) electrons. The molecule has 1 fully saturated rings. The molecule has 1 saturated carbocycles. The molecule has 2 heterocycles. The van der Waals surface area contributed by atoms with Crippen molar-refractivity contribution in [2.75, 3.05) is 12.4 Å². The Kier molecular flexibility index (Phi) is 6.55. The number of anilines is 1. The smallest absolute Gasteiger partial charge is 0.326 e. The minimum atomic E-state index is -0.442. The lowest BCUT2D eigenvalue weighted by Gasteiger charge is -2.21. The zero-order chi connectivity index (χ0) is 22.7. The summed E-state index contributed by atoms with van der Waals surface area (Å²) >= 11 is 1.14. The average molecular weight is 456 g/mol. The highest BCUT2D eigenvalue weighted by atomic mass is 32.1. The minimum absolute atomic E-state index is 0.0724. The van der Waals surface area contributed by atoms with Crippen LogP contribution in [0.25, 0.3) is 10.2 Å². The monoisotopic (exact) mass is 455 g/mol. The summed E-state index contributed by atoms with van der Waals surface area (Å²) in [5.41, 5.74) is 0.707. The number of rotatable bonds is 6. The fourth-order valence-electron chi connectivity index (χ4n) is 3.96. The maximum Gasteiger partial charge on any atom is 0.326 e. The number of hydrogen-bond acceptors (Lipinski definition) is 7. The molecular formula is C23H25N3O5S. The second kappa shape index (κ2) is 9.52. The Hall–Kier alpha value is -3.20. The van der Waals surface area contributed by atoms with E-state index >= 15 is 0 Å². The summed E-state index contributed by atoms with van der Waals surface area (Å²) in [5.74, 6) is -0.253. The molecule has 0 saturated heterocycles. The summed E-state index contributed by atoms with van der Waals surface area (Å²) in [4.78, 5) is 43.4. The van der Waals surface area contributed by atoms with Gasteiger partial charge in [0.1, 0.15) is 23.2 Å². The Morgan fingerprint density at radius 1 is 1.22 bits per heavy atom. The third-order valence-corrected chi connectivity index (χ3v) is 6.83. The van der Waals surface area contributed by atoms with Gasteiger partial charge in [0, 0.05) is 0 Å². The van der Waals surface area contributed by atoms with Crippen molar-refractivity contribution in [2.45, 2.75) is 51.7 Å². The van der Waals surface area contributed by atoms with Crippen LogP contribution in [0.4, 0.5) is 5.69 Å². The van der Waals surface area contributed by atoms with Crippen LogP contribution >= 0.6 is 11.3 Å². The number of hydrogen-bond donors (Lipinski definition) is 1. The molecule has 0 aliphatic heterocycles. The molecule has 0 atom stereocenters. The quantitative estimate of drug-likeness (QED) is 0.566. The van der Waals surface area contributed by atoms with Crippen LogP contribution in [0.2, 0.25) is 0 Å². The van der Waals surface area contributed by atoms with Crippen LogP contribution in [0.1, 0.15) is 47.3 Å². The first-order chi connectivity index (χ1) is 15.5. The molecule has 0 spiro atoms. The Bertz CT molecular complexity index is 1210. The van der Waals surface area contributed by atoms with Gasteiger partial charge in [-0.2, -0.15) is 0 Å². The summed E-state index contributed by atoms with van der Waals surface area (Å²) < 4.78 is 12.0. The predicted octanol–water partition coefficient (Wildman–Crippen LogP) is 3.90. The van der Waals surface area contributed by atoms with E-state index in [4.69, 9.17) is 9.47 Å². The molecule has 1 aliphatic rings. The third-order valence-electron chi connectivity index (χ3n) is 5.63. The molecule has 168 valence electrons. The summed E-state index contributed by atoms with van der Waals surface area (Å²) in [5, 5.41) is 3.17. The second-order valence-electron chi connectivity index (χ2n) is 7.82. The Labute approximate surface area is 189 Å². The Balaban J connectivity index is 1.56. The van der Waals surface area contributed by atoms with Gasteiger partial charge in [-0.15, -0.1) is 11.3 Å². The van der Waals surface area contributed by atoms with Gasteiger partial charge in [0.2, 0.25) is 0 Å². The standard InChI is InChI=1S/C23H25N3O5S/c1-14-19-22(32-20(14)21(28)25-16-10-6-7-11-17(16)30-2)24-13-26(23(19)29)12-18(27)31-15-8-4-3-5-9-15/h6-7,10-11,13,15H,3-5,8-9,12H2,1-2H3,(H,25,28). The van der Waals surface area contributed by atoms with Gasteiger partial charge < -0.3 is 14.8 Å². The SMILES string of the molecule is COc1ccccc1NC(=O)c1sc2ncn(CC(=O)OC3CCCCC3)c(=O)c2c1C. The van der Waals surface area contributed by atoms with Crippen molar-refractivity contribution in [1.29, 1.82) is 0 Å². The number of carbonyl (C=O) groups excluding carboxylic acids is 2. The van der Waals surface area contributed by atoms with E-state index in [1.807, 2.05) is 6.07 Å². The number of esters is 1. The van der Waals surface area contributed by atoms with Crippen molar-refractivity contribution in [3.8, 4) is 5.75 Å². The first-order valence-corrected chi connectivity index (χ1v) is 11.4.